The molecule has 3 aromatic rings. The van der Waals surface area contributed by atoms with E-state index in [-0.39, 0.29) is 38.0 Å². The Hall–Kier alpha value is -3.82. The molecule has 5 N–H and O–H groups in total. The predicted molar refractivity (Wildman–Crippen MR) is 211 cm³/mol. The molecule has 1 saturated heterocycles. The van der Waals surface area contributed by atoms with Gasteiger partial charge in [0.1, 0.15) is 17.2 Å². The molecule has 0 bridgehead atoms. The Kier molecular flexibility index (Phi) is 11.2. The quantitative estimate of drug-likeness (QED) is 0.0804. The molecule has 5 heterocycles. The van der Waals surface area contributed by atoms with Gasteiger partial charge in [0.25, 0.3) is 0 Å². The zero-order chi connectivity index (χ0) is 38.2. The van der Waals surface area contributed by atoms with Gasteiger partial charge in [0, 0.05) is 97.8 Å². The Labute approximate surface area is 322 Å². The van der Waals surface area contributed by atoms with E-state index in [0.717, 1.165) is 39.9 Å². The fourth-order valence-electron chi connectivity index (χ4n) is 8.61. The van der Waals surface area contributed by atoms with Crippen LogP contribution in [0.15, 0.2) is 63.0 Å². The van der Waals surface area contributed by atoms with Gasteiger partial charge in [-0.25, -0.2) is 14.6 Å². The lowest BCUT2D eigenvalue weighted by atomic mass is 9.61. The summed E-state index contributed by atoms with van der Waals surface area (Å²) in [5.74, 6) is 1.57. The number of ether oxygens (including phenoxy) is 2. The SMILES string of the molecule is CC=C(CCO)C(=O)OC1(C)CC=C2CSSCC3C(CNC)CN3C(=O)Cc3cnc(N)cc3C2C12Cc1cc3cc(CCCO)c(=O)oc3cc1O2. The fraction of sp³-hybridized carbons (Fsp3) is 0.500. The first kappa shape index (κ1) is 38.5. The Bertz CT molecular complexity index is 2070. The number of rotatable bonds is 9. The van der Waals surface area contributed by atoms with Crippen LogP contribution in [-0.2, 0) is 33.6 Å². The molecule has 1 amide bonds. The highest BCUT2D eigenvalue weighted by Gasteiger charge is 2.64. The van der Waals surface area contributed by atoms with Crippen LogP contribution in [0, 0.1) is 5.92 Å². The summed E-state index contributed by atoms with van der Waals surface area (Å²) in [6.45, 7) is 4.91. The number of esters is 1. The summed E-state index contributed by atoms with van der Waals surface area (Å²) < 4.78 is 19.6. The number of allylic oxidation sites excluding steroid dienone is 1. The molecule has 0 radical (unpaired) electrons. The Morgan fingerprint density at radius 3 is 2.78 bits per heavy atom. The predicted octanol–water partition coefficient (Wildman–Crippen LogP) is 4.10. The highest BCUT2D eigenvalue weighted by Crippen LogP contribution is 2.58. The first-order valence-corrected chi connectivity index (χ1v) is 21.0. The largest absolute Gasteiger partial charge is 0.481 e. The summed E-state index contributed by atoms with van der Waals surface area (Å²) in [7, 11) is 5.43. The van der Waals surface area contributed by atoms with E-state index < -0.39 is 28.7 Å². The van der Waals surface area contributed by atoms with Crippen molar-refractivity contribution in [2.75, 3.05) is 50.6 Å². The second-order valence-corrected chi connectivity index (χ2v) is 17.3. The summed E-state index contributed by atoms with van der Waals surface area (Å²) >= 11 is 0. The second-order valence-electron chi connectivity index (χ2n) is 14.8. The molecule has 1 aromatic carbocycles. The Balaban J connectivity index is 1.38. The number of nitrogen functional groups attached to an aromatic ring is 1. The minimum absolute atomic E-state index is 0.0200. The number of fused-ring (bicyclic) bond motifs is 7. The number of aryl methyl sites for hydroxylation is 1. The average Bonchev–Trinajstić information content (AvgIpc) is 3.51. The molecule has 1 spiro atoms. The van der Waals surface area contributed by atoms with Crippen molar-refractivity contribution in [2.45, 2.75) is 75.5 Å². The van der Waals surface area contributed by atoms with Gasteiger partial charge < -0.3 is 40.1 Å². The molecule has 7 rings (SSSR count). The van der Waals surface area contributed by atoms with Gasteiger partial charge >= 0.3 is 11.6 Å². The number of nitrogens with two attached hydrogens (primary N) is 1. The van der Waals surface area contributed by atoms with Crippen molar-refractivity contribution in [3.8, 4) is 5.75 Å². The number of aliphatic hydroxyl groups is 2. The third kappa shape index (κ3) is 6.95. The molecule has 288 valence electrons. The molecule has 5 atom stereocenters. The van der Waals surface area contributed by atoms with Crippen LogP contribution < -0.4 is 21.4 Å². The van der Waals surface area contributed by atoms with Gasteiger partial charge in [0.15, 0.2) is 11.2 Å². The number of amides is 1. The smallest absolute Gasteiger partial charge is 0.339 e. The number of carbonyl (C=O) groups excluding carboxylic acids is 2. The van der Waals surface area contributed by atoms with Crippen LogP contribution in [0.1, 0.15) is 61.3 Å². The van der Waals surface area contributed by atoms with E-state index >= 15 is 0 Å². The van der Waals surface area contributed by atoms with Crippen molar-refractivity contribution in [1.29, 1.82) is 0 Å². The molecule has 5 unspecified atom stereocenters. The van der Waals surface area contributed by atoms with Gasteiger partial charge in [-0.3, -0.25) is 4.79 Å². The number of hydrogen-bond acceptors (Lipinski definition) is 13. The zero-order valence-electron chi connectivity index (χ0n) is 30.9. The molecule has 54 heavy (non-hydrogen) atoms. The van der Waals surface area contributed by atoms with Crippen molar-refractivity contribution in [1.82, 2.24) is 15.2 Å². The first-order valence-electron chi connectivity index (χ1n) is 18.5. The minimum Gasteiger partial charge on any atom is -0.481 e. The molecule has 12 nitrogen and oxygen atoms in total. The van der Waals surface area contributed by atoms with Crippen molar-refractivity contribution in [2.24, 2.45) is 5.92 Å². The number of anilines is 1. The van der Waals surface area contributed by atoms with Crippen LogP contribution in [0.5, 0.6) is 5.75 Å². The summed E-state index contributed by atoms with van der Waals surface area (Å²) in [6.07, 6.45) is 7.24. The van der Waals surface area contributed by atoms with Crippen LogP contribution in [0.3, 0.4) is 0 Å². The molecular formula is C40H48N4O8S2. The lowest BCUT2D eigenvalue weighted by molar-refractivity contribution is -0.183. The van der Waals surface area contributed by atoms with Gasteiger partial charge in [-0.15, -0.1) is 0 Å². The van der Waals surface area contributed by atoms with Crippen molar-refractivity contribution in [3.63, 3.8) is 0 Å². The number of aromatic nitrogens is 1. The van der Waals surface area contributed by atoms with Crippen LogP contribution >= 0.6 is 21.6 Å². The molecule has 0 saturated carbocycles. The van der Waals surface area contributed by atoms with E-state index in [9.17, 15) is 24.6 Å². The van der Waals surface area contributed by atoms with Gasteiger partial charge in [0.05, 0.1) is 12.3 Å². The molecule has 2 aromatic heterocycles. The summed E-state index contributed by atoms with van der Waals surface area (Å²) in [4.78, 5) is 47.4. The molecular weight excluding hydrogens is 729 g/mol. The average molecular weight is 777 g/mol. The number of nitrogens with one attached hydrogen (secondary N) is 1. The number of hydrogen-bond donors (Lipinski definition) is 4. The van der Waals surface area contributed by atoms with Crippen LogP contribution in [0.4, 0.5) is 5.82 Å². The third-order valence-electron chi connectivity index (χ3n) is 11.5. The van der Waals surface area contributed by atoms with Gasteiger partial charge in [0.2, 0.25) is 5.91 Å². The Morgan fingerprint density at radius 2 is 2.02 bits per heavy atom. The van der Waals surface area contributed by atoms with Crippen LogP contribution in [0.2, 0.25) is 0 Å². The highest BCUT2D eigenvalue weighted by atomic mass is 33.1. The number of aliphatic hydroxyl groups excluding tert-OH is 2. The molecule has 14 heteroatoms. The lowest BCUT2D eigenvalue weighted by Gasteiger charge is -2.53. The van der Waals surface area contributed by atoms with Crippen molar-refractivity contribution >= 4 is 50.3 Å². The van der Waals surface area contributed by atoms with E-state index in [4.69, 9.17) is 19.6 Å². The number of benzene rings is 1. The van der Waals surface area contributed by atoms with Gasteiger partial charge in [-0.1, -0.05) is 39.3 Å². The van der Waals surface area contributed by atoms with E-state index in [1.807, 2.05) is 37.1 Å². The van der Waals surface area contributed by atoms with Crippen molar-refractivity contribution < 1.29 is 33.7 Å². The summed E-state index contributed by atoms with van der Waals surface area (Å²) in [6, 6.07) is 7.46. The normalized spacial score (nSPS) is 26.7. The number of nitrogens with zero attached hydrogens (tertiary/aromatic N) is 2. The summed E-state index contributed by atoms with van der Waals surface area (Å²) in [5.41, 5.74) is 8.12. The monoisotopic (exact) mass is 776 g/mol. The van der Waals surface area contributed by atoms with E-state index in [1.54, 1.807) is 46.9 Å². The minimum atomic E-state index is -1.25. The third-order valence-corrected chi connectivity index (χ3v) is 13.9. The van der Waals surface area contributed by atoms with E-state index in [0.29, 0.717) is 72.2 Å². The number of carbonyl (C=O) groups is 2. The maximum absolute atomic E-state index is 14.1. The van der Waals surface area contributed by atoms with E-state index in [1.165, 1.54) is 0 Å². The van der Waals surface area contributed by atoms with Crippen LogP contribution in [-0.4, -0.2) is 94.1 Å². The second kappa shape index (κ2) is 15.7. The highest BCUT2D eigenvalue weighted by molar-refractivity contribution is 8.76. The van der Waals surface area contributed by atoms with Crippen molar-refractivity contribution in [3.05, 3.63) is 86.4 Å². The van der Waals surface area contributed by atoms with Gasteiger partial charge in [-0.05, 0) is 68.6 Å². The molecule has 1 fully saturated rings. The Morgan fingerprint density at radius 1 is 1.19 bits per heavy atom. The van der Waals surface area contributed by atoms with E-state index in [2.05, 4.69) is 16.4 Å². The fourth-order valence-corrected chi connectivity index (χ4v) is 11.2. The maximum atomic E-state index is 14.1. The molecule has 3 aliphatic heterocycles. The topological polar surface area (TPSA) is 177 Å². The van der Waals surface area contributed by atoms with Crippen LogP contribution in [0.25, 0.3) is 11.0 Å². The lowest BCUT2D eigenvalue weighted by Crippen LogP contribution is -2.64. The zero-order valence-corrected chi connectivity index (χ0v) is 32.5. The maximum Gasteiger partial charge on any atom is 0.339 e. The summed E-state index contributed by atoms with van der Waals surface area (Å²) in [5, 5.41) is 23.1. The standard InChI is InChI=1S/C40H48N4O8S2/c1-4-23(8-11-46)38(49)52-39(2)9-7-25-21-53-54-22-31-29(18-42-3)20-44(31)35(47)14-28-19-43-34(41)15-30(28)36(25)40(39)17-27-13-26-12-24(6-5-10-45)37(48)50-32(26)16-33(27)51-40/h4,7,12-13,15-16,19,29,31,36,42,45-46H,5-6,8-11,14,17-18,20-22H2,1-3H3,(H2,41,43). The molecule has 4 aliphatic rings. The first-order chi connectivity index (χ1) is 26.0. The van der Waals surface area contributed by atoms with Gasteiger partial charge in [-0.2, -0.15) is 0 Å². The number of pyridine rings is 1. The molecule has 1 aliphatic carbocycles.